The second-order valence-electron chi connectivity index (χ2n) is 6.27. The van der Waals surface area contributed by atoms with Crippen molar-refractivity contribution in [1.82, 2.24) is 10.2 Å². The van der Waals surface area contributed by atoms with Crippen LogP contribution < -0.4 is 10.1 Å². The van der Waals surface area contributed by atoms with E-state index >= 15 is 0 Å². The van der Waals surface area contributed by atoms with Gasteiger partial charge < -0.3 is 10.1 Å². The zero-order valence-electron chi connectivity index (χ0n) is 14.7. The molecule has 0 saturated carbocycles. The molecule has 7 heteroatoms. The number of thioether (sulfide) groups is 1. The molecule has 138 valence electrons. The summed E-state index contributed by atoms with van der Waals surface area (Å²) in [5.41, 5.74) is 3.86. The zero-order valence-corrected chi connectivity index (χ0v) is 16.2. The van der Waals surface area contributed by atoms with Gasteiger partial charge in [-0.05, 0) is 19.1 Å². The van der Waals surface area contributed by atoms with Crippen LogP contribution in [0.4, 0.5) is 5.82 Å². The van der Waals surface area contributed by atoms with Crippen molar-refractivity contribution >= 4 is 35.1 Å². The van der Waals surface area contributed by atoms with Gasteiger partial charge in [0.05, 0.1) is 11.0 Å². The number of rotatable bonds is 4. The molecule has 0 bridgehead atoms. The number of aromatic nitrogens is 2. The molecular weight excluding hydrogens is 382 g/mol. The van der Waals surface area contributed by atoms with Gasteiger partial charge in [0.15, 0.2) is 5.82 Å². The molecule has 0 radical (unpaired) electrons. The molecule has 5 nitrogen and oxygen atoms in total. The molecule has 0 fully saturated rings. The Hall–Kier alpha value is -2.44. The average Bonchev–Trinajstić information content (AvgIpc) is 2.93. The number of halogens is 1. The Kier molecular flexibility index (Phi) is 5.09. The maximum Gasteiger partial charge on any atom is 0.235 e. The van der Waals surface area contributed by atoms with Gasteiger partial charge in [-0.3, -0.25) is 9.89 Å². The van der Waals surface area contributed by atoms with Crippen molar-refractivity contribution in [2.75, 3.05) is 11.1 Å². The molecule has 2 heterocycles. The first-order valence-electron chi connectivity index (χ1n) is 8.55. The van der Waals surface area contributed by atoms with Gasteiger partial charge in [-0.15, -0.1) is 11.8 Å². The van der Waals surface area contributed by atoms with Crippen molar-refractivity contribution in [1.29, 1.82) is 0 Å². The van der Waals surface area contributed by atoms with E-state index in [1.54, 1.807) is 11.8 Å². The van der Waals surface area contributed by atoms with Crippen LogP contribution in [0, 0.1) is 6.92 Å². The van der Waals surface area contributed by atoms with Crippen molar-refractivity contribution in [3.63, 3.8) is 0 Å². The van der Waals surface area contributed by atoms with Crippen LogP contribution in [-0.2, 0) is 11.4 Å². The van der Waals surface area contributed by atoms with E-state index in [2.05, 4.69) is 15.5 Å². The predicted molar refractivity (Wildman–Crippen MR) is 108 cm³/mol. The Labute approximate surface area is 166 Å². The Morgan fingerprint density at radius 3 is 2.85 bits per heavy atom. The van der Waals surface area contributed by atoms with E-state index < -0.39 is 0 Å². The number of ether oxygens (including phenoxy) is 1. The molecule has 1 aliphatic rings. The number of hydrogen-bond acceptors (Lipinski definition) is 4. The Balaban J connectivity index is 1.68. The fourth-order valence-electron chi connectivity index (χ4n) is 3.11. The summed E-state index contributed by atoms with van der Waals surface area (Å²) in [4.78, 5) is 12.0. The van der Waals surface area contributed by atoms with Crippen molar-refractivity contribution in [3.05, 3.63) is 75.9 Å². The molecule has 1 aromatic heterocycles. The SMILES string of the molecule is Cc1[nH]nc2c1C(c1ccccc1OCc1ccccc1Cl)SCC(=O)N2. The van der Waals surface area contributed by atoms with Crippen molar-refractivity contribution in [3.8, 4) is 5.75 Å². The normalized spacial score (nSPS) is 16.4. The average molecular weight is 400 g/mol. The third-order valence-electron chi connectivity index (χ3n) is 4.44. The molecule has 3 aromatic rings. The molecule has 0 saturated heterocycles. The van der Waals surface area contributed by atoms with Gasteiger partial charge in [-0.2, -0.15) is 5.10 Å². The summed E-state index contributed by atoms with van der Waals surface area (Å²) in [5.74, 6) is 1.67. The van der Waals surface area contributed by atoms with Gasteiger partial charge in [-0.25, -0.2) is 0 Å². The molecule has 1 aliphatic heterocycles. The third kappa shape index (κ3) is 3.68. The number of aryl methyl sites for hydroxylation is 1. The van der Waals surface area contributed by atoms with Crippen LogP contribution in [0.5, 0.6) is 5.75 Å². The molecular formula is C20H18ClN3O2S. The molecule has 1 amide bonds. The lowest BCUT2D eigenvalue weighted by atomic mass is 10.0. The first-order valence-corrected chi connectivity index (χ1v) is 9.97. The number of benzene rings is 2. The first-order chi connectivity index (χ1) is 13.1. The molecule has 1 unspecified atom stereocenters. The quantitative estimate of drug-likeness (QED) is 0.665. The van der Waals surface area contributed by atoms with Crippen molar-refractivity contribution < 1.29 is 9.53 Å². The fraction of sp³-hybridized carbons (Fsp3) is 0.200. The van der Waals surface area contributed by atoms with Gasteiger partial charge >= 0.3 is 0 Å². The highest BCUT2D eigenvalue weighted by Gasteiger charge is 2.30. The smallest absolute Gasteiger partial charge is 0.235 e. The number of amides is 1. The number of hydrogen-bond donors (Lipinski definition) is 2. The first kappa shape index (κ1) is 17.9. The highest BCUT2D eigenvalue weighted by Crippen LogP contribution is 2.45. The Bertz CT molecular complexity index is 989. The number of aromatic amines is 1. The molecule has 2 N–H and O–H groups in total. The maximum atomic E-state index is 12.0. The third-order valence-corrected chi connectivity index (χ3v) is 6.06. The van der Waals surface area contributed by atoms with Crippen molar-refractivity contribution in [2.24, 2.45) is 0 Å². The minimum absolute atomic E-state index is 0.0512. The molecule has 2 aromatic carbocycles. The molecule has 1 atom stereocenters. The van der Waals surface area contributed by atoms with Crippen LogP contribution in [-0.4, -0.2) is 21.9 Å². The number of carbonyl (C=O) groups excluding carboxylic acids is 1. The van der Waals surface area contributed by atoms with Gasteiger partial charge in [-0.1, -0.05) is 48.0 Å². The molecule has 0 spiro atoms. The van der Waals surface area contributed by atoms with Crippen LogP contribution in [0.15, 0.2) is 48.5 Å². The van der Waals surface area contributed by atoms with E-state index in [0.717, 1.165) is 28.1 Å². The number of fused-ring (bicyclic) bond motifs is 1. The van der Waals surface area contributed by atoms with Crippen LogP contribution in [0.2, 0.25) is 5.02 Å². The highest BCUT2D eigenvalue weighted by atomic mass is 35.5. The minimum atomic E-state index is -0.0554. The number of anilines is 1. The van der Waals surface area contributed by atoms with Crippen LogP contribution in [0.25, 0.3) is 0 Å². The van der Waals surface area contributed by atoms with E-state index in [9.17, 15) is 4.79 Å². The number of H-pyrrole nitrogens is 1. The number of para-hydroxylation sites is 1. The number of carbonyl (C=O) groups is 1. The summed E-state index contributed by atoms with van der Waals surface area (Å²) in [6.07, 6.45) is 0. The van der Waals surface area contributed by atoms with Crippen LogP contribution >= 0.6 is 23.4 Å². The largest absolute Gasteiger partial charge is 0.489 e. The van der Waals surface area contributed by atoms with Gasteiger partial charge in [0, 0.05) is 27.4 Å². The van der Waals surface area contributed by atoms with Gasteiger partial charge in [0.1, 0.15) is 12.4 Å². The summed E-state index contributed by atoms with van der Waals surface area (Å²) in [6, 6.07) is 15.5. The van der Waals surface area contributed by atoms with Crippen molar-refractivity contribution in [2.45, 2.75) is 18.8 Å². The monoisotopic (exact) mass is 399 g/mol. The predicted octanol–water partition coefficient (Wildman–Crippen LogP) is 4.73. The summed E-state index contributed by atoms with van der Waals surface area (Å²) in [5, 5.41) is 10.7. The molecule has 27 heavy (non-hydrogen) atoms. The zero-order chi connectivity index (χ0) is 18.8. The summed E-state index contributed by atoms with van der Waals surface area (Å²) in [7, 11) is 0. The summed E-state index contributed by atoms with van der Waals surface area (Å²) in [6.45, 7) is 2.34. The molecule has 4 rings (SSSR count). The van der Waals surface area contributed by atoms with Gasteiger partial charge in [0.2, 0.25) is 5.91 Å². The Morgan fingerprint density at radius 2 is 2.00 bits per heavy atom. The topological polar surface area (TPSA) is 67.0 Å². The minimum Gasteiger partial charge on any atom is -0.489 e. The second-order valence-corrected chi connectivity index (χ2v) is 7.77. The lowest BCUT2D eigenvalue weighted by Crippen LogP contribution is -2.12. The van der Waals surface area contributed by atoms with E-state index in [0.29, 0.717) is 23.2 Å². The fourth-order valence-corrected chi connectivity index (χ4v) is 4.52. The van der Waals surface area contributed by atoms with Gasteiger partial charge in [0.25, 0.3) is 0 Å². The molecule has 0 aliphatic carbocycles. The summed E-state index contributed by atoms with van der Waals surface area (Å²) < 4.78 is 6.12. The lowest BCUT2D eigenvalue weighted by molar-refractivity contribution is -0.113. The van der Waals surface area contributed by atoms with E-state index in [-0.39, 0.29) is 11.2 Å². The number of nitrogens with zero attached hydrogens (tertiary/aromatic N) is 1. The number of nitrogens with one attached hydrogen (secondary N) is 2. The van der Waals surface area contributed by atoms with Crippen LogP contribution in [0.3, 0.4) is 0 Å². The van der Waals surface area contributed by atoms with Crippen LogP contribution in [0.1, 0.15) is 27.6 Å². The van der Waals surface area contributed by atoms with E-state index in [4.69, 9.17) is 16.3 Å². The Morgan fingerprint density at radius 1 is 1.22 bits per heavy atom. The maximum absolute atomic E-state index is 12.0. The van der Waals surface area contributed by atoms with E-state index in [1.165, 1.54) is 0 Å². The lowest BCUT2D eigenvalue weighted by Gasteiger charge is -2.19. The van der Waals surface area contributed by atoms with E-state index in [1.807, 2.05) is 55.5 Å². The highest BCUT2D eigenvalue weighted by molar-refractivity contribution is 8.00. The standard InChI is InChI=1S/C20H18ClN3O2S/c1-12-18-19(27-11-17(25)22-20(18)24-23-12)14-7-3-5-9-16(14)26-10-13-6-2-4-8-15(13)21/h2-9,19H,10-11H2,1H3,(H2,22,23,24,25). The second kappa shape index (κ2) is 7.66. The summed E-state index contributed by atoms with van der Waals surface area (Å²) >= 11 is 7.81.